The molecule has 6 heteroatoms. The number of nitrogens with one attached hydrogen (secondary N) is 2. The largest absolute Gasteiger partial charge is 0.326 e. The molecule has 0 aliphatic carbocycles. The van der Waals surface area contributed by atoms with Crippen LogP contribution in [0.4, 0.5) is 21.2 Å². The molecule has 0 saturated carbocycles. The summed E-state index contributed by atoms with van der Waals surface area (Å²) in [6, 6.07) is 20.4. The summed E-state index contributed by atoms with van der Waals surface area (Å²) < 4.78 is 0. The first-order chi connectivity index (χ1) is 13.9. The summed E-state index contributed by atoms with van der Waals surface area (Å²) >= 11 is 1.61. The van der Waals surface area contributed by atoms with Crippen molar-refractivity contribution in [3.63, 3.8) is 0 Å². The van der Waals surface area contributed by atoms with E-state index < -0.39 is 11.9 Å². The molecule has 0 atom stereocenters. The zero-order valence-corrected chi connectivity index (χ0v) is 16.8. The smallest absolute Gasteiger partial charge is 0.303 e. The maximum absolute atomic E-state index is 12.0. The minimum Gasteiger partial charge on any atom is -0.303 e. The topological polar surface area (TPSA) is 61.4 Å². The monoisotopic (exact) mass is 401 g/mol. The van der Waals surface area contributed by atoms with Gasteiger partial charge < -0.3 is 10.2 Å². The molecule has 0 radical (unpaired) electrons. The lowest BCUT2D eigenvalue weighted by Crippen LogP contribution is -2.29. The van der Waals surface area contributed by atoms with E-state index in [0.717, 1.165) is 21.3 Å². The van der Waals surface area contributed by atoms with Crippen LogP contribution in [0.3, 0.4) is 0 Å². The maximum atomic E-state index is 12.0. The molecule has 3 heterocycles. The summed E-state index contributed by atoms with van der Waals surface area (Å²) in [6.07, 6.45) is 1.74. The number of amides is 3. The van der Waals surface area contributed by atoms with E-state index in [1.807, 2.05) is 18.2 Å². The van der Waals surface area contributed by atoms with Gasteiger partial charge in [0.2, 0.25) is 0 Å². The number of fused-ring (bicyclic) bond motifs is 2. The Hall–Kier alpha value is -3.38. The van der Waals surface area contributed by atoms with Crippen molar-refractivity contribution in [2.75, 3.05) is 4.90 Å². The zero-order chi connectivity index (χ0) is 20.2. The molecule has 1 fully saturated rings. The molecule has 29 heavy (non-hydrogen) atoms. The summed E-state index contributed by atoms with van der Waals surface area (Å²) in [5.74, 6) is -0.399. The van der Waals surface area contributed by atoms with Crippen LogP contribution in [0.5, 0.6) is 0 Å². The van der Waals surface area contributed by atoms with Crippen molar-refractivity contribution in [2.24, 2.45) is 0 Å². The average Bonchev–Trinajstić information content (AvgIpc) is 3.26. The molecule has 3 amide bonds. The highest BCUT2D eigenvalue weighted by molar-refractivity contribution is 7.17. The second-order valence-electron chi connectivity index (χ2n) is 7.65. The van der Waals surface area contributed by atoms with Gasteiger partial charge in [-0.05, 0) is 41.5 Å². The normalized spacial score (nSPS) is 18.3. The molecule has 2 aliphatic heterocycles. The Morgan fingerprint density at radius 1 is 0.931 bits per heavy atom. The summed E-state index contributed by atoms with van der Waals surface area (Å²) in [5.41, 5.74) is 4.77. The Morgan fingerprint density at radius 3 is 2.38 bits per heavy atom. The van der Waals surface area contributed by atoms with Crippen LogP contribution in [-0.2, 0) is 10.2 Å². The van der Waals surface area contributed by atoms with Gasteiger partial charge in [-0.15, -0.1) is 11.3 Å². The molecule has 1 saturated heterocycles. The average molecular weight is 401 g/mol. The lowest BCUT2D eigenvalue weighted by molar-refractivity contribution is -0.115. The van der Waals surface area contributed by atoms with Crippen LogP contribution >= 0.6 is 11.3 Å². The Bertz CT molecular complexity index is 1180. The Kier molecular flexibility index (Phi) is 3.86. The number of carbonyl (C=O) groups is 2. The highest BCUT2D eigenvalue weighted by Crippen LogP contribution is 2.54. The van der Waals surface area contributed by atoms with Gasteiger partial charge in [0.1, 0.15) is 10.7 Å². The number of imide groups is 1. The molecule has 3 aromatic rings. The van der Waals surface area contributed by atoms with Gasteiger partial charge in [0.15, 0.2) is 0 Å². The predicted molar refractivity (Wildman–Crippen MR) is 116 cm³/mol. The number of anilines is 3. The number of carbonyl (C=O) groups excluding carboxylic acids is 2. The van der Waals surface area contributed by atoms with Crippen LogP contribution in [0, 0.1) is 0 Å². The third-order valence-electron chi connectivity index (χ3n) is 5.45. The second kappa shape index (κ2) is 6.32. The summed E-state index contributed by atoms with van der Waals surface area (Å²) in [7, 11) is 0. The summed E-state index contributed by atoms with van der Waals surface area (Å²) in [5, 5.41) is 5.94. The van der Waals surface area contributed by atoms with E-state index >= 15 is 0 Å². The van der Waals surface area contributed by atoms with Crippen LogP contribution in [-0.4, -0.2) is 11.9 Å². The summed E-state index contributed by atoms with van der Waals surface area (Å²) in [6.45, 7) is 4.45. The van der Waals surface area contributed by atoms with E-state index in [-0.39, 0.29) is 11.1 Å². The number of urea groups is 1. The number of nitrogens with zero attached hydrogens (tertiary/aromatic N) is 1. The van der Waals surface area contributed by atoms with Gasteiger partial charge in [-0.1, -0.05) is 50.2 Å². The molecule has 2 aliphatic rings. The zero-order valence-electron chi connectivity index (χ0n) is 16.0. The third kappa shape index (κ3) is 2.76. The van der Waals surface area contributed by atoms with E-state index in [4.69, 9.17) is 0 Å². The minimum absolute atomic E-state index is 0.189. The summed E-state index contributed by atoms with van der Waals surface area (Å²) in [4.78, 5) is 26.6. The molecule has 0 bridgehead atoms. The molecule has 5 rings (SSSR count). The van der Waals surface area contributed by atoms with E-state index in [1.165, 1.54) is 11.1 Å². The quantitative estimate of drug-likeness (QED) is 0.467. The maximum Gasteiger partial charge on any atom is 0.326 e. The first kappa shape index (κ1) is 17.7. The predicted octanol–water partition coefficient (Wildman–Crippen LogP) is 5.04. The van der Waals surface area contributed by atoms with Crippen LogP contribution in [0.2, 0.25) is 0 Å². The molecule has 2 N–H and O–H groups in total. The standard InChI is InChI=1S/C23H19N3O2S/c1-23(2)16-10-6-7-11-19(16)26(14-8-4-3-5-9-14)21-17(23)12-15(29-21)13-18-20(27)25-22(28)24-18/h3-13H,1-2H3,(H2,24,25,27,28)/b18-13+. The Balaban J connectivity index is 1.71. The van der Waals surface area contributed by atoms with Crippen molar-refractivity contribution in [2.45, 2.75) is 19.3 Å². The molecular formula is C23H19N3O2S. The number of para-hydroxylation sites is 2. The fourth-order valence-corrected chi connectivity index (χ4v) is 5.29. The SMILES string of the molecule is CC1(C)c2ccccc2N(c2ccccc2)c2sc(/C=C3/NC(=O)NC3=O)cc21. The molecule has 1 aromatic heterocycles. The highest BCUT2D eigenvalue weighted by Gasteiger charge is 2.38. The fourth-order valence-electron chi connectivity index (χ4n) is 3.99. The first-order valence-corrected chi connectivity index (χ1v) is 10.2. The van der Waals surface area contributed by atoms with E-state index in [9.17, 15) is 9.59 Å². The number of hydrogen-bond acceptors (Lipinski definition) is 4. The first-order valence-electron chi connectivity index (χ1n) is 9.38. The Morgan fingerprint density at radius 2 is 1.66 bits per heavy atom. The Labute approximate surface area is 172 Å². The number of thiophene rings is 1. The van der Waals surface area contributed by atoms with Crippen LogP contribution < -0.4 is 15.5 Å². The number of hydrogen-bond donors (Lipinski definition) is 2. The number of rotatable bonds is 2. The van der Waals surface area contributed by atoms with Gasteiger partial charge >= 0.3 is 6.03 Å². The van der Waals surface area contributed by atoms with E-state index in [1.54, 1.807) is 17.4 Å². The van der Waals surface area contributed by atoms with Gasteiger partial charge in [0, 0.05) is 16.0 Å². The van der Waals surface area contributed by atoms with Gasteiger partial charge in [0.25, 0.3) is 5.91 Å². The third-order valence-corrected chi connectivity index (χ3v) is 6.51. The van der Waals surface area contributed by atoms with Crippen LogP contribution in [0.1, 0.15) is 29.9 Å². The van der Waals surface area contributed by atoms with Crippen molar-refractivity contribution in [1.82, 2.24) is 10.6 Å². The minimum atomic E-state index is -0.485. The molecule has 2 aromatic carbocycles. The fraction of sp³-hybridized carbons (Fsp3) is 0.130. The molecular weight excluding hydrogens is 382 g/mol. The van der Waals surface area contributed by atoms with E-state index in [2.05, 4.69) is 71.8 Å². The second-order valence-corrected chi connectivity index (χ2v) is 8.71. The van der Waals surface area contributed by atoms with Crippen LogP contribution in [0.25, 0.3) is 6.08 Å². The van der Waals surface area contributed by atoms with Crippen molar-refractivity contribution in [3.8, 4) is 0 Å². The van der Waals surface area contributed by atoms with Gasteiger partial charge in [-0.3, -0.25) is 10.1 Å². The van der Waals surface area contributed by atoms with Crippen molar-refractivity contribution in [1.29, 1.82) is 0 Å². The highest BCUT2D eigenvalue weighted by atomic mass is 32.1. The van der Waals surface area contributed by atoms with Crippen molar-refractivity contribution < 1.29 is 9.59 Å². The lowest BCUT2D eigenvalue weighted by Gasteiger charge is -2.39. The van der Waals surface area contributed by atoms with E-state index in [0.29, 0.717) is 0 Å². The lowest BCUT2D eigenvalue weighted by atomic mass is 9.75. The van der Waals surface area contributed by atoms with Crippen molar-refractivity contribution in [3.05, 3.63) is 82.4 Å². The number of benzene rings is 2. The molecule has 0 spiro atoms. The molecule has 144 valence electrons. The van der Waals surface area contributed by atoms with Gasteiger partial charge in [0.05, 0.1) is 5.69 Å². The molecule has 5 nitrogen and oxygen atoms in total. The van der Waals surface area contributed by atoms with Gasteiger partial charge in [-0.2, -0.15) is 0 Å². The van der Waals surface area contributed by atoms with Crippen LogP contribution in [0.15, 0.2) is 66.4 Å². The molecule has 0 unspecified atom stereocenters. The van der Waals surface area contributed by atoms with Gasteiger partial charge in [-0.25, -0.2) is 4.79 Å². The van der Waals surface area contributed by atoms with Crippen molar-refractivity contribution >= 4 is 45.7 Å².